The standard InChI is InChI=1S/C19H23N4OP/c1-25-16-11-23(17-7-2-3-8-24-17)22-18(16)19-20-14-9-12-5-4-6-13(12)10-15(14)21-19/h9-11,17,25H,2-8H2,1H3,(H,20,21). The van der Waals surface area contributed by atoms with Crippen LogP contribution in [0.25, 0.3) is 22.6 Å². The van der Waals surface area contributed by atoms with Crippen molar-refractivity contribution in [2.75, 3.05) is 13.3 Å². The molecular weight excluding hydrogens is 331 g/mol. The fourth-order valence-corrected chi connectivity index (χ4v) is 4.69. The molecule has 0 amide bonds. The highest BCUT2D eigenvalue weighted by Gasteiger charge is 2.21. The topological polar surface area (TPSA) is 55.7 Å². The molecule has 0 saturated carbocycles. The molecule has 2 unspecified atom stereocenters. The monoisotopic (exact) mass is 354 g/mol. The Morgan fingerprint density at radius 2 is 2.08 bits per heavy atom. The number of ether oxygens (including phenoxy) is 1. The third-order valence-electron chi connectivity index (χ3n) is 5.37. The van der Waals surface area contributed by atoms with Crippen molar-refractivity contribution in [2.24, 2.45) is 0 Å². The van der Waals surface area contributed by atoms with Crippen LogP contribution in [0.2, 0.25) is 0 Å². The van der Waals surface area contributed by atoms with Crippen LogP contribution in [-0.4, -0.2) is 33.0 Å². The second kappa shape index (κ2) is 6.22. The number of nitrogens with one attached hydrogen (secondary N) is 1. The first-order valence-electron chi connectivity index (χ1n) is 9.22. The minimum Gasteiger partial charge on any atom is -0.357 e. The lowest BCUT2D eigenvalue weighted by Gasteiger charge is -2.22. The smallest absolute Gasteiger partial charge is 0.159 e. The Balaban J connectivity index is 1.55. The third-order valence-corrected chi connectivity index (χ3v) is 6.28. The molecule has 5 nitrogen and oxygen atoms in total. The molecule has 25 heavy (non-hydrogen) atoms. The molecule has 3 heterocycles. The van der Waals surface area contributed by atoms with E-state index in [1.807, 2.05) is 4.68 Å². The first-order chi connectivity index (χ1) is 12.3. The molecule has 3 aromatic rings. The predicted molar refractivity (Wildman–Crippen MR) is 102 cm³/mol. The maximum Gasteiger partial charge on any atom is 0.159 e. The number of imidazole rings is 1. The third kappa shape index (κ3) is 2.70. The van der Waals surface area contributed by atoms with E-state index in [4.69, 9.17) is 14.8 Å². The average Bonchev–Trinajstić information content (AvgIpc) is 3.36. The van der Waals surface area contributed by atoms with Gasteiger partial charge in [-0.15, -0.1) is 0 Å². The van der Waals surface area contributed by atoms with Crippen LogP contribution in [0.15, 0.2) is 18.3 Å². The Hall–Kier alpha value is -1.71. The SMILES string of the molecule is CPc1cn(C2CCCCO2)nc1-c1nc2cc3c(cc2[nH]1)CCC3. The first kappa shape index (κ1) is 15.5. The van der Waals surface area contributed by atoms with Crippen molar-refractivity contribution < 1.29 is 4.74 Å². The van der Waals surface area contributed by atoms with Crippen molar-refractivity contribution >= 4 is 24.9 Å². The zero-order valence-electron chi connectivity index (χ0n) is 14.5. The van der Waals surface area contributed by atoms with E-state index in [9.17, 15) is 0 Å². The average molecular weight is 354 g/mol. The van der Waals surface area contributed by atoms with Crippen LogP contribution in [-0.2, 0) is 17.6 Å². The van der Waals surface area contributed by atoms with Crippen molar-refractivity contribution in [3.8, 4) is 11.5 Å². The van der Waals surface area contributed by atoms with Crippen LogP contribution >= 0.6 is 8.58 Å². The summed E-state index contributed by atoms with van der Waals surface area (Å²) in [5, 5.41) is 6.10. The minimum atomic E-state index is 0.0748. The number of benzene rings is 1. The molecule has 0 radical (unpaired) electrons. The molecule has 1 N–H and O–H groups in total. The summed E-state index contributed by atoms with van der Waals surface area (Å²) in [6.07, 6.45) is 9.27. The second-order valence-electron chi connectivity index (χ2n) is 7.02. The van der Waals surface area contributed by atoms with Crippen molar-refractivity contribution in [1.82, 2.24) is 19.7 Å². The molecule has 1 aromatic carbocycles. The summed E-state index contributed by atoms with van der Waals surface area (Å²) in [5.41, 5.74) is 6.10. The number of H-pyrrole nitrogens is 1. The molecule has 0 bridgehead atoms. The van der Waals surface area contributed by atoms with Gasteiger partial charge in [-0.2, -0.15) is 5.10 Å². The van der Waals surface area contributed by atoms with Gasteiger partial charge < -0.3 is 9.72 Å². The predicted octanol–water partition coefficient (Wildman–Crippen LogP) is 3.55. The molecule has 6 heteroatoms. The lowest BCUT2D eigenvalue weighted by molar-refractivity contribution is -0.0393. The van der Waals surface area contributed by atoms with E-state index in [0.717, 1.165) is 42.0 Å². The summed E-state index contributed by atoms with van der Waals surface area (Å²) in [7, 11) is 0.684. The van der Waals surface area contributed by atoms with E-state index in [1.165, 1.54) is 42.1 Å². The van der Waals surface area contributed by atoms with Gasteiger partial charge in [-0.25, -0.2) is 9.67 Å². The van der Waals surface area contributed by atoms with Crippen molar-refractivity contribution in [2.45, 2.75) is 44.8 Å². The summed E-state index contributed by atoms with van der Waals surface area (Å²) in [5.74, 6) is 0.887. The highest BCUT2D eigenvalue weighted by molar-refractivity contribution is 7.46. The molecule has 1 aliphatic heterocycles. The number of hydrogen-bond donors (Lipinski definition) is 1. The van der Waals surface area contributed by atoms with Crippen LogP contribution in [0.1, 0.15) is 43.0 Å². The van der Waals surface area contributed by atoms with Gasteiger partial charge in [-0.05, 0) is 68.4 Å². The van der Waals surface area contributed by atoms with Gasteiger partial charge in [0.1, 0.15) is 11.9 Å². The molecule has 1 fully saturated rings. The van der Waals surface area contributed by atoms with Gasteiger partial charge in [0.2, 0.25) is 0 Å². The Morgan fingerprint density at radius 3 is 2.88 bits per heavy atom. The van der Waals surface area contributed by atoms with Crippen LogP contribution in [0.5, 0.6) is 0 Å². The van der Waals surface area contributed by atoms with Crippen molar-refractivity contribution in [1.29, 1.82) is 0 Å². The minimum absolute atomic E-state index is 0.0748. The lowest BCUT2D eigenvalue weighted by Crippen LogP contribution is -2.18. The Morgan fingerprint density at radius 1 is 1.20 bits per heavy atom. The van der Waals surface area contributed by atoms with E-state index in [-0.39, 0.29) is 6.23 Å². The number of hydrogen-bond acceptors (Lipinski definition) is 3. The summed E-state index contributed by atoms with van der Waals surface area (Å²) in [6, 6.07) is 4.54. The zero-order valence-corrected chi connectivity index (χ0v) is 15.5. The Kier molecular flexibility index (Phi) is 3.87. The van der Waals surface area contributed by atoms with Gasteiger partial charge >= 0.3 is 0 Å². The summed E-state index contributed by atoms with van der Waals surface area (Å²) < 4.78 is 7.91. The fraction of sp³-hybridized carbons (Fsp3) is 0.474. The first-order valence-corrected chi connectivity index (χ1v) is 10.7. The number of nitrogens with zero attached hydrogens (tertiary/aromatic N) is 3. The van der Waals surface area contributed by atoms with Gasteiger partial charge in [-0.3, -0.25) is 0 Å². The molecule has 130 valence electrons. The molecular formula is C19H23N4OP. The largest absolute Gasteiger partial charge is 0.357 e. The van der Waals surface area contributed by atoms with E-state index < -0.39 is 0 Å². The molecule has 2 aromatic heterocycles. The maximum atomic E-state index is 5.90. The van der Waals surface area contributed by atoms with Crippen molar-refractivity contribution in [3.63, 3.8) is 0 Å². The number of aryl methyl sites for hydroxylation is 2. The number of rotatable bonds is 3. The van der Waals surface area contributed by atoms with Gasteiger partial charge in [0, 0.05) is 18.1 Å². The molecule has 2 atom stereocenters. The van der Waals surface area contributed by atoms with E-state index in [0.29, 0.717) is 8.58 Å². The van der Waals surface area contributed by atoms with E-state index in [1.54, 1.807) is 0 Å². The van der Waals surface area contributed by atoms with Gasteiger partial charge in [0.05, 0.1) is 11.0 Å². The number of aromatic amines is 1. The second-order valence-corrected chi connectivity index (χ2v) is 8.06. The molecule has 1 saturated heterocycles. The van der Waals surface area contributed by atoms with Crippen molar-refractivity contribution in [3.05, 3.63) is 29.5 Å². The van der Waals surface area contributed by atoms with Crippen LogP contribution < -0.4 is 5.30 Å². The number of aromatic nitrogens is 4. The van der Waals surface area contributed by atoms with Crippen LogP contribution in [0.3, 0.4) is 0 Å². The fourth-order valence-electron chi connectivity index (χ4n) is 4.02. The van der Waals surface area contributed by atoms with E-state index >= 15 is 0 Å². The van der Waals surface area contributed by atoms with Gasteiger partial charge in [-0.1, -0.05) is 8.58 Å². The maximum absolute atomic E-state index is 5.90. The Labute approximate surface area is 149 Å². The number of fused-ring (bicyclic) bond motifs is 2. The molecule has 2 aliphatic rings. The van der Waals surface area contributed by atoms with Gasteiger partial charge in [0.15, 0.2) is 5.82 Å². The molecule has 5 rings (SSSR count). The summed E-state index contributed by atoms with van der Waals surface area (Å²) in [6.45, 7) is 3.03. The normalized spacial score (nSPS) is 20.8. The molecule has 0 spiro atoms. The summed E-state index contributed by atoms with van der Waals surface area (Å²) >= 11 is 0. The van der Waals surface area contributed by atoms with Crippen LogP contribution in [0, 0.1) is 0 Å². The zero-order chi connectivity index (χ0) is 16.8. The highest BCUT2D eigenvalue weighted by Crippen LogP contribution is 2.29. The highest BCUT2D eigenvalue weighted by atomic mass is 31.1. The Bertz CT molecular complexity index is 882. The quantitative estimate of drug-likeness (QED) is 0.732. The summed E-state index contributed by atoms with van der Waals surface area (Å²) in [4.78, 5) is 8.37. The van der Waals surface area contributed by atoms with Crippen LogP contribution in [0.4, 0.5) is 0 Å². The van der Waals surface area contributed by atoms with E-state index in [2.05, 4.69) is 30.0 Å². The lowest BCUT2D eigenvalue weighted by atomic mass is 10.1. The van der Waals surface area contributed by atoms with Gasteiger partial charge in [0.25, 0.3) is 0 Å². The molecule has 1 aliphatic carbocycles.